The first-order valence-electron chi connectivity index (χ1n) is 3.10. The third-order valence-corrected chi connectivity index (χ3v) is 1.44. The number of aliphatic imine (C=N–C) groups is 1. The lowest BCUT2D eigenvalue weighted by atomic mass is 10.1. The van der Waals surface area contributed by atoms with E-state index < -0.39 is 0 Å². The van der Waals surface area contributed by atoms with Crippen molar-refractivity contribution in [1.82, 2.24) is 0 Å². The number of hydrogen-bond donors (Lipinski definition) is 0. The molecule has 0 aromatic carbocycles. The summed E-state index contributed by atoms with van der Waals surface area (Å²) in [6.45, 7) is 3.18. The smallest absolute Gasteiger partial charge is 0.0452 e. The molecule has 0 bridgehead atoms. The number of dihydropyridines is 1. The van der Waals surface area contributed by atoms with Gasteiger partial charge in [0.1, 0.15) is 0 Å². The van der Waals surface area contributed by atoms with Crippen LogP contribution >= 0.6 is 0 Å². The normalized spacial score (nSPS) is 26.4. The van der Waals surface area contributed by atoms with Crippen LogP contribution in [-0.2, 0) is 0 Å². The van der Waals surface area contributed by atoms with Crippen LogP contribution in [0.15, 0.2) is 17.1 Å². The minimum absolute atomic E-state index is 0.708. The summed E-state index contributed by atoms with van der Waals surface area (Å²) < 4.78 is 0. The van der Waals surface area contributed by atoms with Crippen molar-refractivity contribution in [3.63, 3.8) is 0 Å². The van der Waals surface area contributed by atoms with Crippen LogP contribution in [0.2, 0.25) is 0 Å². The van der Waals surface area contributed by atoms with E-state index in [1.165, 1.54) is 6.42 Å². The van der Waals surface area contributed by atoms with Gasteiger partial charge in [-0.2, -0.15) is 0 Å². The maximum Gasteiger partial charge on any atom is 0.0452 e. The number of nitrogens with zero attached hydrogens (tertiary/aromatic N) is 1. The van der Waals surface area contributed by atoms with Gasteiger partial charge >= 0.3 is 0 Å². The van der Waals surface area contributed by atoms with Gasteiger partial charge in [0.05, 0.1) is 0 Å². The number of hydrogen-bond acceptors (Lipinski definition) is 1. The van der Waals surface area contributed by atoms with Crippen LogP contribution in [0.1, 0.15) is 13.3 Å². The van der Waals surface area contributed by atoms with E-state index in [-0.39, 0.29) is 0 Å². The molecule has 0 spiro atoms. The molecular formula is C7H11N. The van der Waals surface area contributed by atoms with E-state index in [4.69, 9.17) is 0 Å². The van der Waals surface area contributed by atoms with Gasteiger partial charge in [-0.1, -0.05) is 13.0 Å². The predicted octanol–water partition coefficient (Wildman–Crippen LogP) is 1.65. The van der Waals surface area contributed by atoms with Gasteiger partial charge in [0.15, 0.2) is 0 Å². The standard InChI is InChI=1S/C7H11N/c1-2-7-4-3-5-8-6-7/h3-5,7H,2,6H2,1H3. The molecule has 0 aromatic rings. The molecule has 8 heavy (non-hydrogen) atoms. The van der Waals surface area contributed by atoms with E-state index in [0.29, 0.717) is 5.92 Å². The Hall–Kier alpha value is -0.590. The second-order valence-electron chi connectivity index (χ2n) is 2.07. The second kappa shape index (κ2) is 2.65. The van der Waals surface area contributed by atoms with Crippen molar-refractivity contribution < 1.29 is 0 Å². The summed E-state index contributed by atoms with van der Waals surface area (Å²) in [4.78, 5) is 4.12. The number of allylic oxidation sites excluding steroid dienone is 1. The van der Waals surface area contributed by atoms with Crippen molar-refractivity contribution in [3.8, 4) is 0 Å². The SMILES string of the molecule is CCC1C=CC=NC1. The van der Waals surface area contributed by atoms with Gasteiger partial charge in [-0.15, -0.1) is 0 Å². The van der Waals surface area contributed by atoms with Crippen molar-refractivity contribution in [2.45, 2.75) is 13.3 Å². The lowest BCUT2D eigenvalue weighted by Crippen LogP contribution is -2.02. The Morgan fingerprint density at radius 1 is 1.75 bits per heavy atom. The van der Waals surface area contributed by atoms with E-state index in [1.54, 1.807) is 0 Å². The molecule has 0 amide bonds. The van der Waals surface area contributed by atoms with Gasteiger partial charge < -0.3 is 0 Å². The van der Waals surface area contributed by atoms with E-state index in [9.17, 15) is 0 Å². The first-order chi connectivity index (χ1) is 3.93. The highest BCUT2D eigenvalue weighted by Gasteiger charge is 1.99. The molecule has 1 aliphatic heterocycles. The lowest BCUT2D eigenvalue weighted by Gasteiger charge is -2.07. The van der Waals surface area contributed by atoms with Gasteiger partial charge in [0.2, 0.25) is 0 Å². The molecule has 0 fully saturated rings. The van der Waals surface area contributed by atoms with Gasteiger partial charge in [-0.3, -0.25) is 4.99 Å². The third-order valence-electron chi connectivity index (χ3n) is 1.44. The van der Waals surface area contributed by atoms with Crippen molar-refractivity contribution in [3.05, 3.63) is 12.2 Å². The van der Waals surface area contributed by atoms with Crippen LogP contribution < -0.4 is 0 Å². The molecule has 0 saturated carbocycles. The topological polar surface area (TPSA) is 12.4 Å². The van der Waals surface area contributed by atoms with Gasteiger partial charge in [-0.05, 0) is 18.4 Å². The lowest BCUT2D eigenvalue weighted by molar-refractivity contribution is 0.638. The maximum absolute atomic E-state index is 4.12. The molecule has 1 aliphatic rings. The fourth-order valence-electron chi connectivity index (χ4n) is 0.790. The Bertz CT molecular complexity index is 114. The van der Waals surface area contributed by atoms with E-state index in [2.05, 4.69) is 18.0 Å². The molecule has 1 unspecified atom stereocenters. The highest BCUT2D eigenvalue weighted by Crippen LogP contribution is 2.06. The monoisotopic (exact) mass is 109 g/mol. The summed E-state index contributed by atoms with van der Waals surface area (Å²) in [6, 6.07) is 0. The highest BCUT2D eigenvalue weighted by atomic mass is 14.7. The molecule has 44 valence electrons. The Morgan fingerprint density at radius 2 is 2.62 bits per heavy atom. The average molecular weight is 109 g/mol. The molecule has 0 radical (unpaired) electrons. The third kappa shape index (κ3) is 1.19. The van der Waals surface area contributed by atoms with Crippen molar-refractivity contribution >= 4 is 6.21 Å². The average Bonchev–Trinajstić information content (AvgIpc) is 1.90. The molecule has 0 saturated heterocycles. The van der Waals surface area contributed by atoms with E-state index >= 15 is 0 Å². The number of rotatable bonds is 1. The van der Waals surface area contributed by atoms with Crippen LogP contribution in [0.3, 0.4) is 0 Å². The molecule has 0 aromatic heterocycles. The Morgan fingerprint density at radius 3 is 3.00 bits per heavy atom. The zero-order chi connectivity index (χ0) is 5.82. The Kier molecular flexibility index (Phi) is 1.84. The summed E-state index contributed by atoms with van der Waals surface area (Å²) in [6.07, 6.45) is 7.32. The van der Waals surface area contributed by atoms with Crippen molar-refractivity contribution in [2.75, 3.05) is 6.54 Å². The largest absolute Gasteiger partial charge is 0.293 e. The van der Waals surface area contributed by atoms with E-state index in [0.717, 1.165) is 6.54 Å². The maximum atomic E-state index is 4.12. The Balaban J connectivity index is 2.40. The minimum Gasteiger partial charge on any atom is -0.293 e. The molecule has 1 atom stereocenters. The summed E-state index contributed by atoms with van der Waals surface area (Å²) in [5.41, 5.74) is 0. The Labute approximate surface area is 50.1 Å². The fraction of sp³-hybridized carbons (Fsp3) is 0.571. The molecular weight excluding hydrogens is 98.1 g/mol. The molecule has 0 aliphatic carbocycles. The molecule has 0 N–H and O–H groups in total. The van der Waals surface area contributed by atoms with Crippen LogP contribution in [0, 0.1) is 5.92 Å². The quantitative estimate of drug-likeness (QED) is 0.485. The van der Waals surface area contributed by atoms with Crippen LogP contribution in [0.25, 0.3) is 0 Å². The minimum atomic E-state index is 0.708. The van der Waals surface area contributed by atoms with Gasteiger partial charge in [0, 0.05) is 12.8 Å². The van der Waals surface area contributed by atoms with Crippen LogP contribution in [0.5, 0.6) is 0 Å². The van der Waals surface area contributed by atoms with Crippen LogP contribution in [0.4, 0.5) is 0 Å². The van der Waals surface area contributed by atoms with Crippen LogP contribution in [-0.4, -0.2) is 12.8 Å². The molecule has 1 rings (SSSR count). The predicted molar refractivity (Wildman–Crippen MR) is 36.3 cm³/mol. The molecule has 1 heterocycles. The second-order valence-corrected chi connectivity index (χ2v) is 2.07. The first-order valence-corrected chi connectivity index (χ1v) is 3.10. The molecule has 1 nitrogen and oxygen atoms in total. The summed E-state index contributed by atoms with van der Waals surface area (Å²) in [7, 11) is 0. The molecule has 1 heteroatoms. The first kappa shape index (κ1) is 5.54. The zero-order valence-corrected chi connectivity index (χ0v) is 5.17. The zero-order valence-electron chi connectivity index (χ0n) is 5.17. The van der Waals surface area contributed by atoms with Gasteiger partial charge in [0.25, 0.3) is 0 Å². The van der Waals surface area contributed by atoms with Crippen molar-refractivity contribution in [2.24, 2.45) is 10.9 Å². The summed E-state index contributed by atoms with van der Waals surface area (Å²) in [5, 5.41) is 0. The fourth-order valence-corrected chi connectivity index (χ4v) is 0.790. The van der Waals surface area contributed by atoms with Crippen molar-refractivity contribution in [1.29, 1.82) is 0 Å². The summed E-state index contributed by atoms with van der Waals surface area (Å²) in [5.74, 6) is 0.708. The van der Waals surface area contributed by atoms with E-state index in [1.807, 2.05) is 12.3 Å². The van der Waals surface area contributed by atoms with Gasteiger partial charge in [-0.25, -0.2) is 0 Å². The summed E-state index contributed by atoms with van der Waals surface area (Å²) >= 11 is 0. The highest BCUT2D eigenvalue weighted by molar-refractivity contribution is 5.71.